The predicted octanol–water partition coefficient (Wildman–Crippen LogP) is 2.24. The lowest BCUT2D eigenvalue weighted by Gasteiger charge is -2.33. The Morgan fingerprint density at radius 2 is 1.84 bits per heavy atom. The number of hydrogen-bond acceptors (Lipinski definition) is 5. The number of anilines is 1. The van der Waals surface area contributed by atoms with E-state index in [1.54, 1.807) is 30.5 Å². The maximum atomic E-state index is 12.2. The van der Waals surface area contributed by atoms with Crippen LogP contribution in [0.4, 0.5) is 5.69 Å². The largest absolute Gasteiger partial charge is 0.468 e. The zero-order chi connectivity index (χ0) is 17.6. The number of amides is 1. The third-order valence-electron chi connectivity index (χ3n) is 4.34. The number of nitrogens with zero attached hydrogens (tertiary/aromatic N) is 2. The van der Waals surface area contributed by atoms with Crippen molar-refractivity contribution < 1.29 is 14.0 Å². The van der Waals surface area contributed by atoms with Gasteiger partial charge in [-0.15, -0.1) is 0 Å². The molecule has 1 aromatic carbocycles. The molecule has 0 radical (unpaired) electrons. The molecule has 1 aliphatic heterocycles. The van der Waals surface area contributed by atoms with Crippen LogP contribution in [0.5, 0.6) is 0 Å². The lowest BCUT2D eigenvalue weighted by atomic mass is 10.1. The van der Waals surface area contributed by atoms with Crippen molar-refractivity contribution in [3.8, 4) is 0 Å². The van der Waals surface area contributed by atoms with E-state index in [1.165, 1.54) is 6.92 Å². The van der Waals surface area contributed by atoms with Gasteiger partial charge in [-0.05, 0) is 31.2 Å². The highest BCUT2D eigenvalue weighted by Gasteiger charge is 2.19. The normalized spacial score (nSPS) is 15.9. The molecule has 2 aromatic rings. The van der Waals surface area contributed by atoms with Gasteiger partial charge in [0.1, 0.15) is 5.76 Å². The van der Waals surface area contributed by atoms with Crippen molar-refractivity contribution in [2.45, 2.75) is 13.5 Å². The van der Waals surface area contributed by atoms with Gasteiger partial charge in [0.25, 0.3) is 0 Å². The maximum absolute atomic E-state index is 12.2. The monoisotopic (exact) mass is 341 g/mol. The van der Waals surface area contributed by atoms with Crippen molar-refractivity contribution in [3.05, 3.63) is 54.0 Å². The van der Waals surface area contributed by atoms with Crippen molar-refractivity contribution in [2.75, 3.05) is 38.0 Å². The number of carbonyl (C=O) groups excluding carboxylic acids is 2. The smallest absolute Gasteiger partial charge is 0.238 e. The number of benzene rings is 1. The highest BCUT2D eigenvalue weighted by Crippen LogP contribution is 2.12. The van der Waals surface area contributed by atoms with Crippen molar-refractivity contribution in [1.82, 2.24) is 9.80 Å². The summed E-state index contributed by atoms with van der Waals surface area (Å²) >= 11 is 0. The average molecular weight is 341 g/mol. The predicted molar refractivity (Wildman–Crippen MR) is 95.5 cm³/mol. The topological polar surface area (TPSA) is 65.8 Å². The SMILES string of the molecule is CC(=O)c1cccc(NC(=O)CN2CCN(Cc3ccco3)CC2)c1. The van der Waals surface area contributed by atoms with Crippen LogP contribution in [0.3, 0.4) is 0 Å². The fourth-order valence-electron chi connectivity index (χ4n) is 2.95. The number of Topliss-reactive ketones (excluding diaryl/α,β-unsaturated/α-hetero) is 1. The Morgan fingerprint density at radius 3 is 2.52 bits per heavy atom. The van der Waals surface area contributed by atoms with Gasteiger partial charge in [0.05, 0.1) is 19.4 Å². The summed E-state index contributed by atoms with van der Waals surface area (Å²) in [5.74, 6) is 0.903. The van der Waals surface area contributed by atoms with E-state index < -0.39 is 0 Å². The van der Waals surface area contributed by atoms with Crippen molar-refractivity contribution in [1.29, 1.82) is 0 Å². The summed E-state index contributed by atoms with van der Waals surface area (Å²) in [5.41, 5.74) is 1.26. The van der Waals surface area contributed by atoms with Crippen LogP contribution in [0.25, 0.3) is 0 Å². The molecule has 0 bridgehead atoms. The number of carbonyl (C=O) groups is 2. The highest BCUT2D eigenvalue weighted by molar-refractivity contribution is 5.97. The molecule has 1 saturated heterocycles. The van der Waals surface area contributed by atoms with E-state index in [1.807, 2.05) is 12.1 Å². The van der Waals surface area contributed by atoms with Crippen LogP contribution in [0.1, 0.15) is 23.0 Å². The Bertz CT molecular complexity index is 719. The molecule has 1 amide bonds. The molecule has 0 saturated carbocycles. The zero-order valence-corrected chi connectivity index (χ0v) is 14.4. The minimum absolute atomic E-state index is 0.0104. The molecule has 6 heteroatoms. The summed E-state index contributed by atoms with van der Waals surface area (Å²) in [4.78, 5) is 28.1. The molecular formula is C19H23N3O3. The quantitative estimate of drug-likeness (QED) is 0.816. The molecule has 1 N–H and O–H groups in total. The van der Waals surface area contributed by atoms with Gasteiger partial charge in [-0.2, -0.15) is 0 Å². The van der Waals surface area contributed by atoms with Crippen molar-refractivity contribution in [3.63, 3.8) is 0 Å². The first-order valence-electron chi connectivity index (χ1n) is 8.48. The van der Waals surface area contributed by atoms with Crippen LogP contribution in [-0.2, 0) is 11.3 Å². The third kappa shape index (κ3) is 5.01. The molecule has 25 heavy (non-hydrogen) atoms. The Hall–Kier alpha value is -2.44. The Morgan fingerprint density at radius 1 is 1.08 bits per heavy atom. The van der Waals surface area contributed by atoms with Gasteiger partial charge >= 0.3 is 0 Å². The van der Waals surface area contributed by atoms with Crippen LogP contribution in [0.2, 0.25) is 0 Å². The maximum Gasteiger partial charge on any atom is 0.238 e. The lowest BCUT2D eigenvalue weighted by Crippen LogP contribution is -2.48. The van der Waals surface area contributed by atoms with Gasteiger partial charge in [0, 0.05) is 37.4 Å². The third-order valence-corrected chi connectivity index (χ3v) is 4.34. The molecule has 1 aromatic heterocycles. The number of rotatable bonds is 6. The molecule has 132 valence electrons. The van der Waals surface area contributed by atoms with Crippen molar-refractivity contribution >= 4 is 17.4 Å². The van der Waals surface area contributed by atoms with E-state index >= 15 is 0 Å². The second-order valence-electron chi connectivity index (χ2n) is 6.32. The van der Waals surface area contributed by atoms with E-state index in [4.69, 9.17) is 4.42 Å². The summed E-state index contributed by atoms with van der Waals surface area (Å²) < 4.78 is 5.38. The number of nitrogens with one attached hydrogen (secondary N) is 1. The molecule has 1 fully saturated rings. The lowest BCUT2D eigenvalue weighted by molar-refractivity contribution is -0.117. The Labute approximate surface area is 147 Å². The van der Waals surface area contributed by atoms with Gasteiger partial charge in [-0.25, -0.2) is 0 Å². The Kier molecular flexibility index (Phi) is 5.63. The van der Waals surface area contributed by atoms with Gasteiger partial charge < -0.3 is 9.73 Å². The molecule has 3 rings (SSSR count). The highest BCUT2D eigenvalue weighted by atomic mass is 16.3. The van der Waals surface area contributed by atoms with E-state index in [9.17, 15) is 9.59 Å². The molecule has 2 heterocycles. The summed E-state index contributed by atoms with van der Waals surface area (Å²) in [6.45, 7) is 6.21. The van der Waals surface area contributed by atoms with E-state index in [2.05, 4.69) is 15.1 Å². The molecule has 0 aliphatic carbocycles. The number of furan rings is 1. The molecule has 0 spiro atoms. The van der Waals surface area contributed by atoms with E-state index in [0.717, 1.165) is 38.5 Å². The number of piperazine rings is 1. The zero-order valence-electron chi connectivity index (χ0n) is 14.4. The summed E-state index contributed by atoms with van der Waals surface area (Å²) in [6.07, 6.45) is 1.69. The molecular weight excluding hydrogens is 318 g/mol. The molecule has 1 aliphatic rings. The van der Waals surface area contributed by atoms with Crippen molar-refractivity contribution in [2.24, 2.45) is 0 Å². The standard InChI is InChI=1S/C19H23N3O3/c1-15(23)16-4-2-5-17(12-16)20-19(24)14-22-9-7-21(8-10-22)13-18-6-3-11-25-18/h2-6,11-12H,7-10,13-14H2,1H3,(H,20,24). The van der Waals surface area contributed by atoms with Crippen LogP contribution in [-0.4, -0.2) is 54.2 Å². The fourth-order valence-corrected chi connectivity index (χ4v) is 2.95. The van der Waals surface area contributed by atoms with Gasteiger partial charge in [-0.3, -0.25) is 19.4 Å². The van der Waals surface area contributed by atoms with Crippen LogP contribution in [0.15, 0.2) is 47.1 Å². The Balaban J connectivity index is 1.44. The van der Waals surface area contributed by atoms with E-state index in [0.29, 0.717) is 17.8 Å². The van der Waals surface area contributed by atoms with Gasteiger partial charge in [0.15, 0.2) is 5.78 Å². The number of hydrogen-bond donors (Lipinski definition) is 1. The van der Waals surface area contributed by atoms with Crippen LogP contribution < -0.4 is 5.32 Å². The van der Waals surface area contributed by atoms with Crippen LogP contribution >= 0.6 is 0 Å². The summed E-state index contributed by atoms with van der Waals surface area (Å²) in [7, 11) is 0. The van der Waals surface area contributed by atoms with E-state index in [-0.39, 0.29) is 11.7 Å². The van der Waals surface area contributed by atoms with Crippen LogP contribution in [0, 0.1) is 0 Å². The second-order valence-corrected chi connectivity index (χ2v) is 6.32. The average Bonchev–Trinajstić information content (AvgIpc) is 3.10. The second kappa shape index (κ2) is 8.09. The minimum Gasteiger partial charge on any atom is -0.468 e. The number of ketones is 1. The first-order valence-corrected chi connectivity index (χ1v) is 8.48. The molecule has 0 unspecified atom stereocenters. The first-order chi connectivity index (χ1) is 12.1. The molecule has 0 atom stereocenters. The fraction of sp³-hybridized carbons (Fsp3) is 0.368. The van der Waals surface area contributed by atoms with Gasteiger partial charge in [0.2, 0.25) is 5.91 Å². The minimum atomic E-state index is -0.0554. The summed E-state index contributed by atoms with van der Waals surface area (Å²) in [5, 5.41) is 2.87. The molecule has 6 nitrogen and oxygen atoms in total. The first kappa shape index (κ1) is 17.4. The van der Waals surface area contributed by atoms with Gasteiger partial charge in [-0.1, -0.05) is 12.1 Å². The summed E-state index contributed by atoms with van der Waals surface area (Å²) in [6, 6.07) is 10.9.